The van der Waals surface area contributed by atoms with Crippen LogP contribution >= 0.6 is 0 Å². The minimum Gasteiger partial charge on any atom is -0.308 e. The smallest absolute Gasteiger partial charge is 0.235 e. The van der Waals surface area contributed by atoms with Gasteiger partial charge in [0.1, 0.15) is 0 Å². The molecule has 0 aliphatic heterocycles. The van der Waals surface area contributed by atoms with Gasteiger partial charge in [-0.15, -0.1) is 0 Å². The van der Waals surface area contributed by atoms with E-state index in [0.717, 1.165) is 38.6 Å². The summed E-state index contributed by atoms with van der Waals surface area (Å²) in [4.78, 5) is 11.1. The molecule has 1 aliphatic carbocycles. The molecule has 0 atom stereocenters. The Kier molecular flexibility index (Phi) is 5.42. The minimum absolute atomic E-state index is 0.219. The van der Waals surface area contributed by atoms with Crippen LogP contribution in [0.1, 0.15) is 25.0 Å². The molecule has 0 spiro atoms. The molecule has 8 aromatic carbocycles. The van der Waals surface area contributed by atoms with Crippen LogP contribution in [0.2, 0.25) is 0 Å². The Morgan fingerprint density at radius 3 is 2.09 bits per heavy atom. The molecule has 0 saturated carbocycles. The fraction of sp³-hybridized carbons (Fsp3) is 0.0588. The van der Waals surface area contributed by atoms with Crippen molar-refractivity contribution >= 4 is 81.6 Å². The van der Waals surface area contributed by atoms with Crippen LogP contribution in [0, 0.1) is 0 Å². The van der Waals surface area contributed by atoms with Gasteiger partial charge in [-0.1, -0.05) is 141 Å². The van der Waals surface area contributed by atoms with E-state index in [1.807, 2.05) is 0 Å². The molecule has 4 nitrogen and oxygen atoms in total. The summed E-state index contributed by atoms with van der Waals surface area (Å²) in [5, 5.41) is 11.0. The van der Waals surface area contributed by atoms with Crippen molar-refractivity contribution in [3.8, 4) is 28.3 Å². The first-order chi connectivity index (χ1) is 27.1. The lowest BCUT2D eigenvalue weighted by Crippen LogP contribution is -2.15. The van der Waals surface area contributed by atoms with E-state index < -0.39 is 0 Å². The number of nitrogens with zero attached hydrogens (tertiary/aromatic N) is 4. The van der Waals surface area contributed by atoms with Crippen molar-refractivity contribution in [1.82, 2.24) is 18.9 Å². The SMILES string of the molecule is CC1(C)c2ccccc2-c2cc3c4c(c21)c1cccc2c5ccccc5n(c5cccc(c45)n3-c3nc(-c4ccccc4)c4c(ccc5ccccc54)n3)c21. The zero-order valence-electron chi connectivity index (χ0n) is 30.3. The molecular weight excluding hydrogens is 669 g/mol. The van der Waals surface area contributed by atoms with Crippen molar-refractivity contribution in [2.24, 2.45) is 0 Å². The Labute approximate surface area is 315 Å². The number of hydrogen-bond acceptors (Lipinski definition) is 2. The number of benzene rings is 8. The summed E-state index contributed by atoms with van der Waals surface area (Å²) in [6.07, 6.45) is 0. The van der Waals surface area contributed by atoms with Gasteiger partial charge in [0.2, 0.25) is 5.95 Å². The first-order valence-electron chi connectivity index (χ1n) is 19.1. The van der Waals surface area contributed by atoms with E-state index in [1.165, 1.54) is 76.5 Å². The van der Waals surface area contributed by atoms with Crippen LogP contribution in [-0.2, 0) is 5.41 Å². The van der Waals surface area contributed by atoms with Crippen LogP contribution in [0.25, 0.3) is 110 Å². The highest BCUT2D eigenvalue weighted by Gasteiger charge is 2.39. The minimum atomic E-state index is -0.219. The van der Waals surface area contributed by atoms with Crippen molar-refractivity contribution in [3.05, 3.63) is 169 Å². The molecule has 1 aliphatic rings. The first-order valence-corrected chi connectivity index (χ1v) is 19.1. The normalized spacial score (nSPS) is 13.8. The van der Waals surface area contributed by atoms with Gasteiger partial charge in [0.25, 0.3) is 0 Å². The monoisotopic (exact) mass is 700 g/mol. The largest absolute Gasteiger partial charge is 0.308 e. The molecular formula is C51H32N4. The fourth-order valence-corrected chi connectivity index (χ4v) is 10.4. The summed E-state index contributed by atoms with van der Waals surface area (Å²) >= 11 is 0. The van der Waals surface area contributed by atoms with Crippen LogP contribution < -0.4 is 0 Å². The van der Waals surface area contributed by atoms with Crippen molar-refractivity contribution in [2.45, 2.75) is 19.3 Å². The molecule has 4 aromatic heterocycles. The van der Waals surface area contributed by atoms with Gasteiger partial charge in [0.15, 0.2) is 0 Å². The van der Waals surface area contributed by atoms with E-state index >= 15 is 0 Å². The number of hydrogen-bond donors (Lipinski definition) is 0. The molecule has 0 unspecified atom stereocenters. The highest BCUT2D eigenvalue weighted by Crippen LogP contribution is 2.56. The van der Waals surface area contributed by atoms with Gasteiger partial charge in [-0.2, -0.15) is 0 Å². The highest BCUT2D eigenvalue weighted by atomic mass is 15.2. The molecule has 12 aromatic rings. The zero-order valence-corrected chi connectivity index (χ0v) is 30.3. The van der Waals surface area contributed by atoms with Crippen LogP contribution in [0.15, 0.2) is 158 Å². The lowest BCUT2D eigenvalue weighted by molar-refractivity contribution is 0.667. The molecule has 0 N–H and O–H groups in total. The van der Waals surface area contributed by atoms with Crippen molar-refractivity contribution in [1.29, 1.82) is 0 Å². The first kappa shape index (κ1) is 29.4. The number of para-hydroxylation sites is 2. The Hall–Kier alpha value is -7.04. The summed E-state index contributed by atoms with van der Waals surface area (Å²) < 4.78 is 4.88. The third-order valence-corrected chi connectivity index (χ3v) is 12.6. The average Bonchev–Trinajstić information content (AvgIpc) is 3.79. The Bertz CT molecular complexity index is 3620. The molecule has 256 valence electrons. The number of aromatic nitrogens is 4. The summed E-state index contributed by atoms with van der Waals surface area (Å²) in [7, 11) is 0. The van der Waals surface area contributed by atoms with Crippen LogP contribution in [-0.4, -0.2) is 18.9 Å². The molecule has 13 rings (SSSR count). The number of fused-ring (bicyclic) bond motifs is 12. The molecule has 0 radical (unpaired) electrons. The van der Waals surface area contributed by atoms with Gasteiger partial charge in [-0.3, -0.25) is 4.57 Å². The summed E-state index contributed by atoms with van der Waals surface area (Å²) in [5.74, 6) is 0.673. The van der Waals surface area contributed by atoms with Crippen molar-refractivity contribution < 1.29 is 0 Å². The number of rotatable bonds is 2. The lowest BCUT2D eigenvalue weighted by Gasteiger charge is -2.23. The van der Waals surface area contributed by atoms with E-state index in [-0.39, 0.29) is 5.41 Å². The third kappa shape index (κ3) is 3.57. The Balaban J connectivity index is 1.30. The third-order valence-electron chi connectivity index (χ3n) is 12.6. The summed E-state index contributed by atoms with van der Waals surface area (Å²) in [6.45, 7) is 4.81. The predicted octanol–water partition coefficient (Wildman–Crippen LogP) is 13.0. The molecule has 0 amide bonds. The predicted molar refractivity (Wildman–Crippen MR) is 229 cm³/mol. The van der Waals surface area contributed by atoms with E-state index in [9.17, 15) is 0 Å². The van der Waals surface area contributed by atoms with Gasteiger partial charge in [-0.25, -0.2) is 9.97 Å². The fourth-order valence-electron chi connectivity index (χ4n) is 10.4. The maximum atomic E-state index is 5.60. The Morgan fingerprint density at radius 1 is 0.473 bits per heavy atom. The van der Waals surface area contributed by atoms with Crippen LogP contribution in [0.5, 0.6) is 0 Å². The summed E-state index contributed by atoms with van der Waals surface area (Å²) in [5.41, 5.74) is 13.9. The second-order valence-corrected chi connectivity index (χ2v) is 15.7. The topological polar surface area (TPSA) is 35.1 Å². The molecule has 4 heteroatoms. The Morgan fingerprint density at radius 2 is 1.18 bits per heavy atom. The maximum Gasteiger partial charge on any atom is 0.235 e. The highest BCUT2D eigenvalue weighted by molar-refractivity contribution is 6.33. The van der Waals surface area contributed by atoms with Gasteiger partial charge < -0.3 is 4.40 Å². The van der Waals surface area contributed by atoms with E-state index in [1.54, 1.807) is 0 Å². The molecule has 55 heavy (non-hydrogen) atoms. The molecule has 0 saturated heterocycles. The van der Waals surface area contributed by atoms with Gasteiger partial charge >= 0.3 is 0 Å². The van der Waals surface area contributed by atoms with E-state index in [2.05, 4.69) is 181 Å². The second kappa shape index (κ2) is 10.1. The lowest BCUT2D eigenvalue weighted by atomic mass is 9.79. The summed E-state index contributed by atoms with van der Waals surface area (Å²) in [6, 6.07) is 57.5. The van der Waals surface area contributed by atoms with Crippen LogP contribution in [0.4, 0.5) is 0 Å². The zero-order chi connectivity index (χ0) is 36.2. The molecule has 0 bridgehead atoms. The van der Waals surface area contributed by atoms with Crippen molar-refractivity contribution in [2.75, 3.05) is 0 Å². The van der Waals surface area contributed by atoms with E-state index in [4.69, 9.17) is 9.97 Å². The standard InChI is InChI=1S/C51H32N4/c1-51(2)37-22-10-8-18-32(37)36-28-42-46-44(47(36)51)35-21-12-20-34-33-19-9-11-23-39(33)54(49(34)35)40-24-13-25-41(45(40)46)55(42)50-52-38-27-26-29-14-6-7-17-31(29)43(38)48(53-50)30-15-4-3-5-16-30/h3-28H,1-2H3. The van der Waals surface area contributed by atoms with Crippen LogP contribution in [0.3, 0.4) is 0 Å². The van der Waals surface area contributed by atoms with Gasteiger partial charge in [0, 0.05) is 43.3 Å². The average molecular weight is 701 g/mol. The van der Waals surface area contributed by atoms with Gasteiger partial charge in [-0.05, 0) is 68.7 Å². The van der Waals surface area contributed by atoms with Crippen molar-refractivity contribution in [3.63, 3.8) is 0 Å². The maximum absolute atomic E-state index is 5.60. The second-order valence-electron chi connectivity index (χ2n) is 15.7. The molecule has 4 heterocycles. The molecule has 0 fully saturated rings. The van der Waals surface area contributed by atoms with Gasteiger partial charge in [0.05, 0.1) is 38.8 Å². The quantitative estimate of drug-likeness (QED) is 0.168. The van der Waals surface area contributed by atoms with E-state index in [0.29, 0.717) is 5.95 Å².